The maximum Gasteiger partial charge on any atom is 0.223 e. The van der Waals surface area contributed by atoms with Crippen molar-refractivity contribution in [2.45, 2.75) is 45.1 Å². The molecule has 1 saturated carbocycles. The Balaban J connectivity index is 1.57. The second-order valence-electron chi connectivity index (χ2n) is 8.81. The molecule has 2 aromatic carbocycles. The highest BCUT2D eigenvalue weighted by atomic mass is 35.5. The molecule has 1 amide bonds. The molecule has 0 spiro atoms. The molecule has 0 aliphatic heterocycles. The van der Waals surface area contributed by atoms with Crippen molar-refractivity contribution in [2.75, 3.05) is 6.54 Å². The molecule has 6 heteroatoms. The van der Waals surface area contributed by atoms with Crippen LogP contribution in [0.3, 0.4) is 0 Å². The number of nitrogens with zero attached hydrogens (tertiary/aromatic N) is 1. The van der Waals surface area contributed by atoms with Gasteiger partial charge in [0.2, 0.25) is 5.91 Å². The van der Waals surface area contributed by atoms with Gasteiger partial charge in [0.05, 0.1) is 11.7 Å². The highest BCUT2D eigenvalue weighted by Gasteiger charge is 2.28. The van der Waals surface area contributed by atoms with Crippen molar-refractivity contribution in [3.8, 4) is 11.3 Å². The predicted molar refractivity (Wildman–Crippen MR) is 129 cm³/mol. The molecule has 32 heavy (non-hydrogen) atoms. The third-order valence-electron chi connectivity index (χ3n) is 6.48. The molecular formula is C26H31ClN4O. The second-order valence-corrected chi connectivity index (χ2v) is 9.25. The van der Waals surface area contributed by atoms with E-state index in [2.05, 4.69) is 22.4 Å². The zero-order chi connectivity index (χ0) is 22.5. The van der Waals surface area contributed by atoms with Crippen LogP contribution in [-0.4, -0.2) is 22.4 Å². The van der Waals surface area contributed by atoms with Gasteiger partial charge in [0.15, 0.2) is 0 Å². The lowest BCUT2D eigenvalue weighted by molar-refractivity contribution is -0.127. The SMILES string of the molecule is Cc1[nH]c([C@H](Cc2ccccc2)NC(=O)C2CCC(CN)CC2)nc1-c1cccc(Cl)c1. The van der Waals surface area contributed by atoms with Crippen LogP contribution in [0.15, 0.2) is 54.6 Å². The van der Waals surface area contributed by atoms with Crippen LogP contribution < -0.4 is 11.1 Å². The van der Waals surface area contributed by atoms with E-state index in [4.69, 9.17) is 22.3 Å². The summed E-state index contributed by atoms with van der Waals surface area (Å²) in [6, 6.07) is 17.7. The number of carbonyl (C=O) groups excluding carboxylic acids is 1. The minimum Gasteiger partial charge on any atom is -0.346 e. The minimum absolute atomic E-state index is 0.0412. The first-order chi connectivity index (χ1) is 15.5. The number of H-pyrrole nitrogens is 1. The van der Waals surface area contributed by atoms with Crippen molar-refractivity contribution in [3.05, 3.63) is 76.7 Å². The number of nitrogens with one attached hydrogen (secondary N) is 2. The molecule has 168 valence electrons. The summed E-state index contributed by atoms with van der Waals surface area (Å²) in [7, 11) is 0. The monoisotopic (exact) mass is 450 g/mol. The Bertz CT molecular complexity index is 1040. The van der Waals surface area contributed by atoms with Crippen LogP contribution in [0.2, 0.25) is 5.02 Å². The summed E-state index contributed by atoms with van der Waals surface area (Å²) in [6.07, 6.45) is 4.52. The Morgan fingerprint density at radius 2 is 1.91 bits per heavy atom. The van der Waals surface area contributed by atoms with E-state index in [0.29, 0.717) is 23.9 Å². The zero-order valence-corrected chi connectivity index (χ0v) is 19.2. The quantitative estimate of drug-likeness (QED) is 0.462. The zero-order valence-electron chi connectivity index (χ0n) is 18.5. The van der Waals surface area contributed by atoms with Crippen LogP contribution in [0, 0.1) is 18.8 Å². The number of benzene rings is 2. The third-order valence-corrected chi connectivity index (χ3v) is 6.72. The van der Waals surface area contributed by atoms with Crippen LogP contribution in [-0.2, 0) is 11.2 Å². The van der Waals surface area contributed by atoms with Crippen LogP contribution in [0.25, 0.3) is 11.3 Å². The number of hydrogen-bond donors (Lipinski definition) is 3. The maximum absolute atomic E-state index is 13.2. The van der Waals surface area contributed by atoms with E-state index in [-0.39, 0.29) is 17.9 Å². The number of halogens is 1. The molecule has 0 saturated heterocycles. The van der Waals surface area contributed by atoms with E-state index in [1.54, 1.807) is 0 Å². The number of aromatic amines is 1. The molecule has 1 fully saturated rings. The van der Waals surface area contributed by atoms with Gasteiger partial charge in [-0.1, -0.05) is 54.1 Å². The van der Waals surface area contributed by atoms with E-state index >= 15 is 0 Å². The van der Waals surface area contributed by atoms with Crippen LogP contribution >= 0.6 is 11.6 Å². The van der Waals surface area contributed by atoms with Crippen molar-refractivity contribution in [3.63, 3.8) is 0 Å². The fraction of sp³-hybridized carbons (Fsp3) is 0.385. The Labute approximate surface area is 194 Å². The van der Waals surface area contributed by atoms with Crippen molar-refractivity contribution in [2.24, 2.45) is 17.6 Å². The normalized spacial score (nSPS) is 19.5. The molecule has 4 rings (SSSR count). The van der Waals surface area contributed by atoms with Gasteiger partial charge in [-0.15, -0.1) is 0 Å². The number of rotatable bonds is 7. The summed E-state index contributed by atoms with van der Waals surface area (Å²) >= 11 is 6.20. The Hall–Kier alpha value is -2.63. The first-order valence-corrected chi connectivity index (χ1v) is 11.8. The summed E-state index contributed by atoms with van der Waals surface area (Å²) in [5, 5.41) is 3.97. The second kappa shape index (κ2) is 10.3. The lowest BCUT2D eigenvalue weighted by Crippen LogP contribution is -2.37. The minimum atomic E-state index is -0.233. The largest absolute Gasteiger partial charge is 0.346 e. The number of hydrogen-bond acceptors (Lipinski definition) is 3. The number of aromatic nitrogens is 2. The first-order valence-electron chi connectivity index (χ1n) is 11.4. The fourth-order valence-electron chi connectivity index (χ4n) is 4.58. The molecule has 0 radical (unpaired) electrons. The highest BCUT2D eigenvalue weighted by Crippen LogP contribution is 2.30. The average Bonchev–Trinajstić information content (AvgIpc) is 3.21. The van der Waals surface area contributed by atoms with Gasteiger partial charge < -0.3 is 16.0 Å². The smallest absolute Gasteiger partial charge is 0.223 e. The lowest BCUT2D eigenvalue weighted by atomic mass is 9.81. The standard InChI is InChI=1S/C26H31ClN4O/c1-17-24(21-8-5-9-22(27)15-21)31-25(29-17)23(14-18-6-3-2-4-7-18)30-26(32)20-12-10-19(16-28)11-13-20/h2-9,15,19-20,23H,10-14,16,28H2,1H3,(H,29,31)(H,30,32)/t19?,20?,23-/m0/s1. The van der Waals surface area contributed by atoms with Gasteiger partial charge >= 0.3 is 0 Å². The topological polar surface area (TPSA) is 83.8 Å². The van der Waals surface area contributed by atoms with Gasteiger partial charge in [-0.05, 0) is 69.2 Å². The van der Waals surface area contributed by atoms with Crippen LogP contribution in [0.5, 0.6) is 0 Å². The van der Waals surface area contributed by atoms with Gasteiger partial charge in [-0.2, -0.15) is 0 Å². The summed E-state index contributed by atoms with van der Waals surface area (Å²) in [4.78, 5) is 21.5. The maximum atomic E-state index is 13.2. The van der Waals surface area contributed by atoms with Crippen molar-refractivity contribution in [1.29, 1.82) is 0 Å². The fourth-order valence-corrected chi connectivity index (χ4v) is 4.77. The van der Waals surface area contributed by atoms with Gasteiger partial charge in [0.1, 0.15) is 5.82 Å². The molecule has 5 nitrogen and oxygen atoms in total. The van der Waals surface area contributed by atoms with Gasteiger partial charge in [0, 0.05) is 22.2 Å². The molecule has 0 bridgehead atoms. The van der Waals surface area contributed by atoms with Crippen molar-refractivity contribution >= 4 is 17.5 Å². The predicted octanol–water partition coefficient (Wildman–Crippen LogP) is 5.20. The summed E-state index contributed by atoms with van der Waals surface area (Å²) in [5.74, 6) is 1.47. The van der Waals surface area contributed by atoms with Crippen molar-refractivity contribution in [1.82, 2.24) is 15.3 Å². The molecule has 1 heterocycles. The Morgan fingerprint density at radius 1 is 1.16 bits per heavy atom. The number of nitrogens with two attached hydrogens (primary N) is 1. The molecule has 1 aliphatic carbocycles. The van der Waals surface area contributed by atoms with E-state index in [9.17, 15) is 4.79 Å². The van der Waals surface area contributed by atoms with E-state index < -0.39 is 0 Å². The number of carbonyl (C=O) groups is 1. The van der Waals surface area contributed by atoms with Gasteiger partial charge in [-0.25, -0.2) is 4.98 Å². The first kappa shape index (κ1) is 22.6. The van der Waals surface area contributed by atoms with E-state index in [1.807, 2.05) is 49.4 Å². The Morgan fingerprint density at radius 3 is 2.59 bits per heavy atom. The molecule has 1 atom stereocenters. The summed E-state index contributed by atoms with van der Waals surface area (Å²) in [6.45, 7) is 2.71. The van der Waals surface area contributed by atoms with E-state index in [1.165, 1.54) is 0 Å². The molecule has 1 aliphatic rings. The molecule has 0 unspecified atom stereocenters. The number of amides is 1. The van der Waals surface area contributed by atoms with Gasteiger partial charge in [-0.3, -0.25) is 4.79 Å². The van der Waals surface area contributed by atoms with Crippen LogP contribution in [0.1, 0.15) is 48.8 Å². The summed E-state index contributed by atoms with van der Waals surface area (Å²) < 4.78 is 0. The van der Waals surface area contributed by atoms with Crippen LogP contribution in [0.4, 0.5) is 0 Å². The lowest BCUT2D eigenvalue weighted by Gasteiger charge is -2.28. The average molecular weight is 451 g/mol. The van der Waals surface area contributed by atoms with Gasteiger partial charge in [0.25, 0.3) is 0 Å². The van der Waals surface area contributed by atoms with Crippen molar-refractivity contribution < 1.29 is 4.79 Å². The Kier molecular flexibility index (Phi) is 7.28. The molecule has 1 aromatic heterocycles. The molecule has 4 N–H and O–H groups in total. The molecular weight excluding hydrogens is 420 g/mol. The number of aryl methyl sites for hydroxylation is 1. The molecule has 3 aromatic rings. The van der Waals surface area contributed by atoms with E-state index in [0.717, 1.165) is 54.0 Å². The highest BCUT2D eigenvalue weighted by molar-refractivity contribution is 6.30. The summed E-state index contributed by atoms with van der Waals surface area (Å²) in [5.41, 5.74) is 9.75. The number of imidazole rings is 1. The third kappa shape index (κ3) is 5.40.